The number of hydrogen-bond acceptors (Lipinski definition) is 3. The fraction of sp³-hybridized carbons (Fsp3) is 0.417. The van der Waals surface area contributed by atoms with Crippen LogP contribution in [0, 0.1) is 0 Å². The van der Waals surface area contributed by atoms with Gasteiger partial charge in [0.2, 0.25) is 12.3 Å². The van der Waals surface area contributed by atoms with Gasteiger partial charge < -0.3 is 16.0 Å². The molecule has 0 spiro atoms. The molecular formula is C24H31N3O2. The summed E-state index contributed by atoms with van der Waals surface area (Å²) in [5.41, 5.74) is 9.12. The van der Waals surface area contributed by atoms with Gasteiger partial charge in [-0.25, -0.2) is 0 Å². The van der Waals surface area contributed by atoms with Crippen LogP contribution in [0.25, 0.3) is 0 Å². The molecule has 5 heteroatoms. The minimum atomic E-state index is 0.250. The van der Waals surface area contributed by atoms with Gasteiger partial charge in [-0.15, -0.1) is 0 Å². The average molecular weight is 394 g/mol. The third-order valence-corrected chi connectivity index (χ3v) is 5.78. The minimum absolute atomic E-state index is 0.250. The van der Waals surface area contributed by atoms with Crippen LogP contribution in [0.3, 0.4) is 0 Å². The lowest BCUT2D eigenvalue weighted by atomic mass is 9.96. The number of carbonyl (C=O) groups excluding carboxylic acids is 2. The van der Waals surface area contributed by atoms with E-state index in [0.29, 0.717) is 6.42 Å². The van der Waals surface area contributed by atoms with E-state index in [0.717, 1.165) is 43.2 Å². The summed E-state index contributed by atoms with van der Waals surface area (Å²) in [6.45, 7) is 1.68. The Morgan fingerprint density at radius 2 is 1.76 bits per heavy atom. The van der Waals surface area contributed by atoms with E-state index < -0.39 is 0 Å². The molecule has 1 saturated carbocycles. The molecule has 2 fully saturated rings. The predicted molar refractivity (Wildman–Crippen MR) is 118 cm³/mol. The molecule has 2 aliphatic rings. The molecular weight excluding hydrogens is 362 g/mol. The summed E-state index contributed by atoms with van der Waals surface area (Å²) >= 11 is 0. The summed E-state index contributed by atoms with van der Waals surface area (Å²) < 4.78 is 0. The van der Waals surface area contributed by atoms with E-state index >= 15 is 0 Å². The number of primary amides is 1. The van der Waals surface area contributed by atoms with Crippen LogP contribution in [-0.2, 0) is 16.1 Å². The Labute approximate surface area is 173 Å². The molecule has 0 bridgehead atoms. The Morgan fingerprint density at radius 3 is 2.45 bits per heavy atom. The number of nitrogens with one attached hydrogen (secondary N) is 1. The van der Waals surface area contributed by atoms with Gasteiger partial charge >= 0.3 is 0 Å². The second-order valence-corrected chi connectivity index (χ2v) is 7.77. The van der Waals surface area contributed by atoms with Crippen molar-refractivity contribution in [3.63, 3.8) is 0 Å². The van der Waals surface area contributed by atoms with E-state index in [1.165, 1.54) is 36.8 Å². The highest BCUT2D eigenvalue weighted by molar-refractivity contribution is 5.94. The molecule has 29 heavy (non-hydrogen) atoms. The van der Waals surface area contributed by atoms with Crippen molar-refractivity contribution in [1.29, 1.82) is 0 Å². The monoisotopic (exact) mass is 393 g/mol. The minimum Gasteiger partial charge on any atom is -0.381 e. The zero-order valence-corrected chi connectivity index (χ0v) is 17.0. The third kappa shape index (κ3) is 5.83. The molecule has 2 amide bonds. The van der Waals surface area contributed by atoms with Crippen LogP contribution in [0.2, 0.25) is 0 Å². The molecule has 1 heterocycles. The van der Waals surface area contributed by atoms with Crippen LogP contribution < -0.4 is 16.0 Å². The van der Waals surface area contributed by atoms with E-state index in [2.05, 4.69) is 59.6 Å². The number of rotatable bonds is 5. The van der Waals surface area contributed by atoms with Crippen molar-refractivity contribution in [3.8, 4) is 0 Å². The molecule has 2 aromatic carbocycles. The smallest absolute Gasteiger partial charge is 0.226 e. The van der Waals surface area contributed by atoms with Crippen molar-refractivity contribution in [2.24, 2.45) is 5.73 Å². The molecule has 154 valence electrons. The van der Waals surface area contributed by atoms with Gasteiger partial charge in [0.15, 0.2) is 0 Å². The van der Waals surface area contributed by atoms with Gasteiger partial charge in [-0.3, -0.25) is 9.59 Å². The van der Waals surface area contributed by atoms with Crippen molar-refractivity contribution in [3.05, 3.63) is 59.7 Å². The first-order valence-electron chi connectivity index (χ1n) is 10.6. The van der Waals surface area contributed by atoms with Crippen LogP contribution in [0.4, 0.5) is 11.4 Å². The number of hydrogen-bond donors (Lipinski definition) is 2. The Bertz CT molecular complexity index is 798. The zero-order chi connectivity index (χ0) is 20.5. The van der Waals surface area contributed by atoms with E-state index in [4.69, 9.17) is 4.79 Å². The Kier molecular flexibility index (Phi) is 7.68. The maximum Gasteiger partial charge on any atom is 0.226 e. The highest BCUT2D eigenvalue weighted by atomic mass is 16.2. The fourth-order valence-electron chi connectivity index (χ4n) is 4.26. The summed E-state index contributed by atoms with van der Waals surface area (Å²) in [5, 5.41) is 3.52. The topological polar surface area (TPSA) is 75.4 Å². The maximum atomic E-state index is 12.0. The second kappa shape index (κ2) is 10.6. The first kappa shape index (κ1) is 20.9. The number of carbonyl (C=O) groups is 2. The predicted octanol–water partition coefficient (Wildman–Crippen LogP) is 4.57. The molecule has 4 rings (SSSR count). The lowest BCUT2D eigenvalue weighted by Gasteiger charge is -2.26. The lowest BCUT2D eigenvalue weighted by molar-refractivity contribution is -0.119. The van der Waals surface area contributed by atoms with Gasteiger partial charge in [0.1, 0.15) is 0 Å². The van der Waals surface area contributed by atoms with E-state index in [9.17, 15) is 4.79 Å². The normalized spacial score (nSPS) is 16.8. The summed E-state index contributed by atoms with van der Waals surface area (Å²) in [6.07, 6.45) is 8.48. The molecule has 1 aliphatic carbocycles. The van der Waals surface area contributed by atoms with E-state index in [1.807, 2.05) is 4.90 Å². The summed E-state index contributed by atoms with van der Waals surface area (Å²) in [4.78, 5) is 22.5. The van der Waals surface area contributed by atoms with Gasteiger partial charge in [-0.2, -0.15) is 0 Å². The highest BCUT2D eigenvalue weighted by Crippen LogP contribution is 2.34. The SMILES string of the molecule is NC=O.O=C1CCCCN1c1ccc(NCc2cccc(C3CCCC3)c2)cc1. The standard InChI is InChI=1S/C23H28N2O.CH3NO/c26-23-10-3-4-15-25(23)22-13-11-21(12-14-22)24-17-18-6-5-9-20(16-18)19-7-1-2-8-19;2-1-3/h5-6,9,11-14,16,19,24H,1-4,7-8,10,15,17H2;1H,(H2,2,3). The molecule has 0 radical (unpaired) electrons. The van der Waals surface area contributed by atoms with Gasteiger partial charge in [0, 0.05) is 30.9 Å². The zero-order valence-electron chi connectivity index (χ0n) is 17.0. The molecule has 0 unspecified atom stereocenters. The molecule has 2 aromatic rings. The highest BCUT2D eigenvalue weighted by Gasteiger charge is 2.19. The van der Waals surface area contributed by atoms with Gasteiger partial charge in [0.25, 0.3) is 0 Å². The molecule has 5 nitrogen and oxygen atoms in total. The van der Waals surface area contributed by atoms with Crippen molar-refractivity contribution in [1.82, 2.24) is 0 Å². The first-order valence-corrected chi connectivity index (χ1v) is 10.6. The third-order valence-electron chi connectivity index (χ3n) is 5.78. The first-order chi connectivity index (χ1) is 14.2. The molecule has 1 aliphatic heterocycles. The van der Waals surface area contributed by atoms with Gasteiger partial charge in [-0.1, -0.05) is 37.1 Å². The average Bonchev–Trinajstić information content (AvgIpc) is 3.29. The van der Waals surface area contributed by atoms with Crippen molar-refractivity contribution >= 4 is 23.7 Å². The van der Waals surface area contributed by atoms with Crippen LogP contribution in [-0.4, -0.2) is 18.9 Å². The van der Waals surface area contributed by atoms with E-state index in [-0.39, 0.29) is 12.3 Å². The maximum absolute atomic E-state index is 12.0. The number of amides is 2. The van der Waals surface area contributed by atoms with Crippen LogP contribution >= 0.6 is 0 Å². The summed E-state index contributed by atoms with van der Waals surface area (Å²) in [6, 6.07) is 17.3. The van der Waals surface area contributed by atoms with Crippen LogP contribution in [0.1, 0.15) is 62.0 Å². The Balaban J connectivity index is 0.000000755. The number of anilines is 2. The largest absolute Gasteiger partial charge is 0.381 e. The van der Waals surface area contributed by atoms with Crippen molar-refractivity contribution in [2.75, 3.05) is 16.8 Å². The Morgan fingerprint density at radius 1 is 1.03 bits per heavy atom. The summed E-state index contributed by atoms with van der Waals surface area (Å²) in [5.74, 6) is 1.01. The van der Waals surface area contributed by atoms with Gasteiger partial charge in [0.05, 0.1) is 0 Å². The number of benzene rings is 2. The quantitative estimate of drug-likeness (QED) is 0.731. The van der Waals surface area contributed by atoms with Crippen molar-refractivity contribution in [2.45, 2.75) is 57.4 Å². The van der Waals surface area contributed by atoms with Crippen LogP contribution in [0.5, 0.6) is 0 Å². The summed E-state index contributed by atoms with van der Waals surface area (Å²) in [7, 11) is 0. The molecule has 0 aromatic heterocycles. The number of piperidine rings is 1. The van der Waals surface area contributed by atoms with Gasteiger partial charge in [-0.05, 0) is 67.0 Å². The molecule has 3 N–H and O–H groups in total. The van der Waals surface area contributed by atoms with E-state index in [1.54, 1.807) is 0 Å². The Hall–Kier alpha value is -2.82. The second-order valence-electron chi connectivity index (χ2n) is 7.77. The lowest BCUT2D eigenvalue weighted by Crippen LogP contribution is -2.35. The van der Waals surface area contributed by atoms with Crippen molar-refractivity contribution < 1.29 is 9.59 Å². The molecule has 1 saturated heterocycles. The fourth-order valence-corrected chi connectivity index (χ4v) is 4.26. The molecule has 0 atom stereocenters. The number of nitrogens with two attached hydrogens (primary N) is 1. The number of nitrogens with zero attached hydrogens (tertiary/aromatic N) is 1. The van der Waals surface area contributed by atoms with Crippen LogP contribution in [0.15, 0.2) is 48.5 Å².